The van der Waals surface area contributed by atoms with E-state index in [4.69, 9.17) is 9.15 Å². The monoisotopic (exact) mass is 392 g/mol. The van der Waals surface area contributed by atoms with Crippen LogP contribution in [0.25, 0.3) is 0 Å². The highest BCUT2D eigenvalue weighted by Gasteiger charge is 2.30. The molecule has 27 heavy (non-hydrogen) atoms. The van der Waals surface area contributed by atoms with Crippen molar-refractivity contribution >= 4 is 21.6 Å². The van der Waals surface area contributed by atoms with Crippen LogP contribution in [-0.2, 0) is 27.6 Å². The van der Waals surface area contributed by atoms with Gasteiger partial charge in [-0.25, -0.2) is 8.42 Å². The molecule has 1 saturated heterocycles. The number of ether oxygens (including phenoxy) is 1. The quantitative estimate of drug-likeness (QED) is 0.816. The third kappa shape index (κ3) is 4.07. The van der Waals surface area contributed by atoms with E-state index < -0.39 is 15.9 Å². The lowest BCUT2D eigenvalue weighted by atomic mass is 10.0. The summed E-state index contributed by atoms with van der Waals surface area (Å²) in [5, 5.41) is 2.65. The van der Waals surface area contributed by atoms with Gasteiger partial charge < -0.3 is 14.5 Å². The third-order valence-electron chi connectivity index (χ3n) is 4.61. The highest BCUT2D eigenvalue weighted by Crippen LogP contribution is 2.25. The average molecular weight is 392 g/mol. The van der Waals surface area contributed by atoms with Crippen molar-refractivity contribution in [3.63, 3.8) is 0 Å². The molecule has 0 unspecified atom stereocenters. The average Bonchev–Trinajstić information content (AvgIpc) is 3.20. The minimum absolute atomic E-state index is 0.0326. The molecule has 146 valence electrons. The third-order valence-corrected chi connectivity index (χ3v) is 6.38. The fourth-order valence-electron chi connectivity index (χ4n) is 3.07. The van der Waals surface area contributed by atoms with Gasteiger partial charge in [0, 0.05) is 18.8 Å². The van der Waals surface area contributed by atoms with Crippen LogP contribution < -0.4 is 5.32 Å². The molecule has 1 fully saturated rings. The highest BCUT2D eigenvalue weighted by molar-refractivity contribution is 7.89. The SMILES string of the molecule is CCc1cccc(CC)c1NC(=O)c1ccc(S(=O)(=O)N2CCOCC2)o1. The number of hydrogen-bond donors (Lipinski definition) is 1. The Morgan fingerprint density at radius 3 is 2.30 bits per heavy atom. The second kappa shape index (κ2) is 8.24. The zero-order valence-corrected chi connectivity index (χ0v) is 16.3. The summed E-state index contributed by atoms with van der Waals surface area (Å²) in [7, 11) is -3.77. The molecular weight excluding hydrogens is 368 g/mol. The number of nitrogens with one attached hydrogen (secondary N) is 1. The van der Waals surface area contributed by atoms with Crippen LogP contribution in [0.15, 0.2) is 39.8 Å². The van der Waals surface area contributed by atoms with Crippen LogP contribution in [0, 0.1) is 0 Å². The number of anilines is 1. The molecule has 0 radical (unpaired) electrons. The molecule has 1 aromatic heterocycles. The van der Waals surface area contributed by atoms with Crippen LogP contribution in [0.4, 0.5) is 5.69 Å². The molecule has 2 heterocycles. The summed E-state index contributed by atoms with van der Waals surface area (Å²) in [4.78, 5) is 12.6. The number of carbonyl (C=O) groups excluding carboxylic acids is 1. The van der Waals surface area contributed by atoms with Crippen molar-refractivity contribution in [2.45, 2.75) is 31.8 Å². The van der Waals surface area contributed by atoms with E-state index in [-0.39, 0.29) is 23.9 Å². The van der Waals surface area contributed by atoms with Crippen molar-refractivity contribution < 1.29 is 22.4 Å². The Morgan fingerprint density at radius 2 is 1.70 bits per heavy atom. The topological polar surface area (TPSA) is 88.9 Å². The van der Waals surface area contributed by atoms with Gasteiger partial charge in [-0.15, -0.1) is 0 Å². The number of para-hydroxylation sites is 1. The summed E-state index contributed by atoms with van der Waals surface area (Å²) < 4.78 is 37.1. The number of nitrogens with zero attached hydrogens (tertiary/aromatic N) is 1. The van der Waals surface area contributed by atoms with Crippen LogP contribution in [-0.4, -0.2) is 44.9 Å². The van der Waals surface area contributed by atoms with Gasteiger partial charge in [0.05, 0.1) is 13.2 Å². The van der Waals surface area contributed by atoms with Crippen molar-refractivity contribution in [1.29, 1.82) is 0 Å². The fourth-order valence-corrected chi connectivity index (χ4v) is 4.39. The number of aryl methyl sites for hydroxylation is 2. The van der Waals surface area contributed by atoms with Gasteiger partial charge in [-0.05, 0) is 36.1 Å². The Kier molecular flexibility index (Phi) is 5.98. The Bertz CT molecular complexity index is 892. The molecule has 2 aromatic rings. The second-order valence-corrected chi connectivity index (χ2v) is 8.12. The first-order valence-electron chi connectivity index (χ1n) is 9.07. The van der Waals surface area contributed by atoms with Crippen LogP contribution in [0.5, 0.6) is 0 Å². The number of benzene rings is 1. The minimum Gasteiger partial charge on any atom is -0.438 e. The zero-order chi connectivity index (χ0) is 19.4. The first-order chi connectivity index (χ1) is 13.0. The molecule has 3 rings (SSSR count). The number of furan rings is 1. The van der Waals surface area contributed by atoms with Crippen LogP contribution in [0.1, 0.15) is 35.5 Å². The number of carbonyl (C=O) groups is 1. The van der Waals surface area contributed by atoms with E-state index in [1.807, 2.05) is 32.0 Å². The number of sulfonamides is 1. The van der Waals surface area contributed by atoms with Crippen molar-refractivity contribution in [2.24, 2.45) is 0 Å². The smallest absolute Gasteiger partial charge is 0.291 e. The van der Waals surface area contributed by atoms with E-state index in [0.717, 1.165) is 29.7 Å². The zero-order valence-electron chi connectivity index (χ0n) is 15.5. The molecule has 0 atom stereocenters. The number of rotatable bonds is 6. The molecule has 0 saturated carbocycles. The van der Waals surface area contributed by atoms with Gasteiger partial charge in [0.1, 0.15) is 0 Å². The summed E-state index contributed by atoms with van der Waals surface area (Å²) >= 11 is 0. The first-order valence-corrected chi connectivity index (χ1v) is 10.5. The largest absolute Gasteiger partial charge is 0.438 e. The molecule has 0 aliphatic carbocycles. The molecule has 8 heteroatoms. The number of amides is 1. The van der Waals surface area contributed by atoms with Crippen molar-refractivity contribution in [3.05, 3.63) is 47.2 Å². The molecule has 1 amide bonds. The van der Waals surface area contributed by atoms with Gasteiger partial charge in [0.15, 0.2) is 5.76 Å². The van der Waals surface area contributed by atoms with E-state index in [0.29, 0.717) is 13.2 Å². The van der Waals surface area contributed by atoms with Crippen molar-refractivity contribution in [1.82, 2.24) is 4.31 Å². The Balaban J connectivity index is 1.82. The molecule has 0 bridgehead atoms. The Hall–Kier alpha value is -2.16. The second-order valence-electron chi connectivity index (χ2n) is 6.25. The van der Waals surface area contributed by atoms with E-state index in [9.17, 15) is 13.2 Å². The van der Waals surface area contributed by atoms with Crippen LogP contribution in [0.3, 0.4) is 0 Å². The highest BCUT2D eigenvalue weighted by atomic mass is 32.2. The van der Waals surface area contributed by atoms with Gasteiger partial charge in [0.25, 0.3) is 15.9 Å². The van der Waals surface area contributed by atoms with E-state index >= 15 is 0 Å². The summed E-state index contributed by atoms with van der Waals surface area (Å²) in [6, 6.07) is 8.61. The molecule has 0 spiro atoms. The van der Waals surface area contributed by atoms with E-state index in [1.165, 1.54) is 16.4 Å². The molecule has 1 N–H and O–H groups in total. The maximum atomic E-state index is 12.6. The summed E-state index contributed by atoms with van der Waals surface area (Å²) in [6.45, 7) is 5.28. The normalized spacial score (nSPS) is 15.6. The molecule has 1 aliphatic rings. The predicted octanol–water partition coefficient (Wildman–Crippen LogP) is 2.68. The van der Waals surface area contributed by atoms with Gasteiger partial charge >= 0.3 is 0 Å². The predicted molar refractivity (Wildman–Crippen MR) is 101 cm³/mol. The summed E-state index contributed by atoms with van der Waals surface area (Å²) in [5.41, 5.74) is 2.81. The van der Waals surface area contributed by atoms with Gasteiger partial charge in [-0.1, -0.05) is 32.0 Å². The van der Waals surface area contributed by atoms with E-state index in [1.54, 1.807) is 0 Å². The summed E-state index contributed by atoms with van der Waals surface area (Å²) in [6.07, 6.45) is 1.55. The van der Waals surface area contributed by atoms with Gasteiger partial charge in [-0.2, -0.15) is 4.31 Å². The molecule has 1 aromatic carbocycles. The van der Waals surface area contributed by atoms with Crippen LogP contribution >= 0.6 is 0 Å². The number of hydrogen-bond acceptors (Lipinski definition) is 5. The Labute approximate surface area is 159 Å². The Morgan fingerprint density at radius 1 is 1.07 bits per heavy atom. The summed E-state index contributed by atoms with van der Waals surface area (Å²) in [5.74, 6) is -0.496. The maximum absolute atomic E-state index is 12.6. The lowest BCUT2D eigenvalue weighted by Crippen LogP contribution is -2.40. The first kappa shape index (κ1) is 19.6. The fraction of sp³-hybridized carbons (Fsp3) is 0.421. The van der Waals surface area contributed by atoms with Crippen molar-refractivity contribution in [3.8, 4) is 0 Å². The van der Waals surface area contributed by atoms with Crippen molar-refractivity contribution in [2.75, 3.05) is 31.6 Å². The lowest BCUT2D eigenvalue weighted by Gasteiger charge is -2.24. The standard InChI is InChI=1S/C19H24N2O5S/c1-3-14-6-5-7-15(4-2)18(14)20-19(22)16-8-9-17(26-16)27(23,24)21-10-12-25-13-11-21/h5-9H,3-4,10-13H2,1-2H3,(H,20,22). The van der Waals surface area contributed by atoms with Gasteiger partial charge in [-0.3, -0.25) is 4.79 Å². The van der Waals surface area contributed by atoms with Crippen LogP contribution in [0.2, 0.25) is 0 Å². The molecule has 1 aliphatic heterocycles. The maximum Gasteiger partial charge on any atom is 0.291 e. The minimum atomic E-state index is -3.77. The van der Waals surface area contributed by atoms with E-state index in [2.05, 4.69) is 5.32 Å². The lowest BCUT2D eigenvalue weighted by molar-refractivity contribution is 0.0723. The molecule has 7 nitrogen and oxygen atoms in total. The molecular formula is C19H24N2O5S. The number of morpholine rings is 1. The van der Waals surface area contributed by atoms with Gasteiger partial charge in [0.2, 0.25) is 5.09 Å².